The van der Waals surface area contributed by atoms with E-state index in [1.807, 2.05) is 6.07 Å². The van der Waals surface area contributed by atoms with Crippen LogP contribution < -0.4 is 10.6 Å². The van der Waals surface area contributed by atoms with Crippen LogP contribution in [-0.2, 0) is 4.74 Å². The molecule has 5 heteroatoms. The molecule has 2 saturated heterocycles. The van der Waals surface area contributed by atoms with Crippen LogP contribution >= 0.6 is 0 Å². The van der Waals surface area contributed by atoms with Crippen molar-refractivity contribution in [3.8, 4) is 0 Å². The van der Waals surface area contributed by atoms with E-state index >= 15 is 0 Å². The van der Waals surface area contributed by atoms with Gasteiger partial charge in [-0.1, -0.05) is 6.92 Å². The van der Waals surface area contributed by atoms with Crippen LogP contribution in [-0.4, -0.2) is 34.8 Å². The maximum Gasteiger partial charge on any atom is 0.136 e. The number of nitrogens with one attached hydrogen (secondary N) is 2. The molecule has 0 aromatic carbocycles. The summed E-state index contributed by atoms with van der Waals surface area (Å²) in [6, 6.07) is 2.47. The van der Waals surface area contributed by atoms with Gasteiger partial charge in [0.1, 0.15) is 17.5 Å². The second kappa shape index (κ2) is 5.44. The molecule has 0 amide bonds. The van der Waals surface area contributed by atoms with Gasteiger partial charge in [-0.15, -0.1) is 0 Å². The van der Waals surface area contributed by atoms with Gasteiger partial charge >= 0.3 is 0 Å². The number of anilines is 2. The van der Waals surface area contributed by atoms with Gasteiger partial charge in [-0.2, -0.15) is 0 Å². The lowest BCUT2D eigenvalue weighted by Crippen LogP contribution is -2.31. The van der Waals surface area contributed by atoms with Crippen LogP contribution in [0.3, 0.4) is 0 Å². The predicted molar refractivity (Wildman–Crippen MR) is 82.7 cm³/mol. The molecule has 5 nitrogen and oxygen atoms in total. The molecule has 2 N–H and O–H groups in total. The first-order chi connectivity index (χ1) is 10.3. The third kappa shape index (κ3) is 2.84. The molecule has 2 aliphatic heterocycles. The van der Waals surface area contributed by atoms with E-state index in [2.05, 4.69) is 22.5 Å². The highest BCUT2D eigenvalue weighted by atomic mass is 16.5. The predicted octanol–water partition coefficient (Wildman–Crippen LogP) is 2.91. The van der Waals surface area contributed by atoms with Crippen LogP contribution in [0.4, 0.5) is 11.6 Å². The lowest BCUT2D eigenvalue weighted by Gasteiger charge is -2.21. The van der Waals surface area contributed by atoms with E-state index in [-0.39, 0.29) is 0 Å². The molecule has 3 heterocycles. The minimum Gasteiger partial charge on any atom is -0.373 e. The average molecular weight is 288 g/mol. The van der Waals surface area contributed by atoms with Crippen molar-refractivity contribution in [2.75, 3.05) is 17.2 Å². The third-order valence-corrected chi connectivity index (χ3v) is 4.68. The molecule has 3 unspecified atom stereocenters. The van der Waals surface area contributed by atoms with E-state index in [4.69, 9.17) is 9.72 Å². The Balaban J connectivity index is 1.51. The number of aromatic nitrogens is 2. The van der Waals surface area contributed by atoms with E-state index in [1.165, 1.54) is 25.7 Å². The molecular weight excluding hydrogens is 264 g/mol. The molecule has 1 aliphatic carbocycles. The summed E-state index contributed by atoms with van der Waals surface area (Å²) in [5.74, 6) is 3.50. The first-order valence-corrected chi connectivity index (χ1v) is 8.36. The number of fused-ring (bicyclic) bond motifs is 2. The van der Waals surface area contributed by atoms with Gasteiger partial charge in [0.05, 0.1) is 18.2 Å². The first kappa shape index (κ1) is 13.3. The summed E-state index contributed by atoms with van der Waals surface area (Å²) >= 11 is 0. The molecule has 1 aromatic rings. The molecule has 4 rings (SSSR count). The van der Waals surface area contributed by atoms with Gasteiger partial charge in [0.25, 0.3) is 0 Å². The average Bonchev–Trinajstić information content (AvgIpc) is 3.15. The van der Waals surface area contributed by atoms with Crippen molar-refractivity contribution in [2.24, 2.45) is 0 Å². The van der Waals surface area contributed by atoms with Crippen LogP contribution in [0.5, 0.6) is 0 Å². The molecule has 1 saturated carbocycles. The molecule has 0 radical (unpaired) electrons. The number of ether oxygens (including phenoxy) is 1. The Hall–Kier alpha value is -1.36. The smallest absolute Gasteiger partial charge is 0.136 e. The summed E-state index contributed by atoms with van der Waals surface area (Å²) in [6.45, 7) is 3.12. The van der Waals surface area contributed by atoms with E-state index in [0.29, 0.717) is 24.2 Å². The molecule has 1 aromatic heterocycles. The zero-order chi connectivity index (χ0) is 14.2. The van der Waals surface area contributed by atoms with Gasteiger partial charge in [-0.25, -0.2) is 9.97 Å². The van der Waals surface area contributed by atoms with Crippen LogP contribution in [0.25, 0.3) is 0 Å². The second-order valence-electron chi connectivity index (χ2n) is 6.56. The van der Waals surface area contributed by atoms with Gasteiger partial charge in [-0.3, -0.25) is 0 Å². The van der Waals surface area contributed by atoms with E-state index in [0.717, 1.165) is 36.8 Å². The Morgan fingerprint density at radius 3 is 2.71 bits per heavy atom. The van der Waals surface area contributed by atoms with Gasteiger partial charge in [0.2, 0.25) is 0 Å². The van der Waals surface area contributed by atoms with Crippen molar-refractivity contribution < 1.29 is 4.74 Å². The second-order valence-corrected chi connectivity index (χ2v) is 6.56. The minimum absolute atomic E-state index is 0.376. The molecule has 0 spiro atoms. The molecule has 2 bridgehead atoms. The summed E-state index contributed by atoms with van der Waals surface area (Å²) in [4.78, 5) is 9.39. The monoisotopic (exact) mass is 288 g/mol. The fourth-order valence-electron chi connectivity index (χ4n) is 3.39. The maximum absolute atomic E-state index is 5.92. The van der Waals surface area contributed by atoms with Crippen molar-refractivity contribution in [2.45, 2.75) is 69.6 Å². The van der Waals surface area contributed by atoms with Crippen LogP contribution in [0.2, 0.25) is 0 Å². The SMILES string of the molecule is CCCNc1cc(NC2CC3CCC2O3)nc(C2CC2)n1. The zero-order valence-electron chi connectivity index (χ0n) is 12.6. The van der Waals surface area contributed by atoms with E-state index < -0.39 is 0 Å². The highest BCUT2D eigenvalue weighted by Crippen LogP contribution is 2.40. The van der Waals surface area contributed by atoms with Gasteiger partial charge in [-0.05, 0) is 38.5 Å². The van der Waals surface area contributed by atoms with Gasteiger partial charge in [0.15, 0.2) is 0 Å². The number of hydrogen-bond acceptors (Lipinski definition) is 5. The topological polar surface area (TPSA) is 59.1 Å². The largest absolute Gasteiger partial charge is 0.373 e. The number of rotatable bonds is 6. The summed E-state index contributed by atoms with van der Waals surface area (Å²) < 4.78 is 5.92. The normalized spacial score (nSPS) is 30.6. The zero-order valence-corrected chi connectivity index (χ0v) is 12.6. The third-order valence-electron chi connectivity index (χ3n) is 4.68. The van der Waals surface area contributed by atoms with E-state index in [9.17, 15) is 0 Å². The maximum atomic E-state index is 5.92. The van der Waals surface area contributed by atoms with Crippen molar-refractivity contribution in [3.63, 3.8) is 0 Å². The molecule has 3 fully saturated rings. The highest BCUT2D eigenvalue weighted by molar-refractivity contribution is 5.49. The minimum atomic E-state index is 0.376. The lowest BCUT2D eigenvalue weighted by molar-refractivity contribution is 0.102. The fourth-order valence-corrected chi connectivity index (χ4v) is 3.39. The number of hydrogen-bond donors (Lipinski definition) is 2. The first-order valence-electron chi connectivity index (χ1n) is 8.36. The molecular formula is C16H24N4O. The Kier molecular flexibility index (Phi) is 3.45. The Labute approximate surface area is 125 Å². The highest BCUT2D eigenvalue weighted by Gasteiger charge is 2.41. The standard InChI is InChI=1S/C16H24N4O/c1-2-7-17-14-9-15(20-16(19-14)10-3-4-10)18-12-8-11-5-6-13(12)21-11/h9-13H,2-8H2,1H3,(H2,17,18,19,20). The summed E-state index contributed by atoms with van der Waals surface area (Å²) in [7, 11) is 0. The van der Waals surface area contributed by atoms with Crippen LogP contribution in [0, 0.1) is 0 Å². The Morgan fingerprint density at radius 2 is 2.05 bits per heavy atom. The number of nitrogens with zero attached hydrogens (tertiary/aromatic N) is 2. The van der Waals surface area contributed by atoms with Gasteiger partial charge in [0, 0.05) is 18.5 Å². The molecule has 3 atom stereocenters. The molecule has 114 valence electrons. The lowest BCUT2D eigenvalue weighted by atomic mass is 9.95. The van der Waals surface area contributed by atoms with Crippen molar-refractivity contribution in [1.82, 2.24) is 9.97 Å². The Bertz CT molecular complexity index is 517. The van der Waals surface area contributed by atoms with Crippen molar-refractivity contribution in [1.29, 1.82) is 0 Å². The molecule has 21 heavy (non-hydrogen) atoms. The van der Waals surface area contributed by atoms with Crippen molar-refractivity contribution in [3.05, 3.63) is 11.9 Å². The quantitative estimate of drug-likeness (QED) is 0.843. The summed E-state index contributed by atoms with van der Waals surface area (Å²) in [5, 5.41) is 6.99. The summed E-state index contributed by atoms with van der Waals surface area (Å²) in [6.07, 6.45) is 7.93. The van der Waals surface area contributed by atoms with Crippen LogP contribution in [0.1, 0.15) is 57.2 Å². The van der Waals surface area contributed by atoms with Crippen LogP contribution in [0.15, 0.2) is 6.07 Å². The summed E-state index contributed by atoms with van der Waals surface area (Å²) in [5.41, 5.74) is 0. The van der Waals surface area contributed by atoms with Crippen molar-refractivity contribution >= 4 is 11.6 Å². The van der Waals surface area contributed by atoms with E-state index in [1.54, 1.807) is 0 Å². The molecule has 3 aliphatic rings. The fraction of sp³-hybridized carbons (Fsp3) is 0.750. The van der Waals surface area contributed by atoms with Gasteiger partial charge < -0.3 is 15.4 Å². The Morgan fingerprint density at radius 1 is 1.19 bits per heavy atom.